The number of carbonyl (C=O) groups is 1. The molecule has 2 aliphatic rings. The van der Waals surface area contributed by atoms with Gasteiger partial charge in [-0.3, -0.25) is 4.79 Å². The van der Waals surface area contributed by atoms with Gasteiger partial charge in [0.25, 0.3) is 5.91 Å². The van der Waals surface area contributed by atoms with Crippen LogP contribution in [0.2, 0.25) is 5.15 Å². The summed E-state index contributed by atoms with van der Waals surface area (Å²) in [7, 11) is 0. The zero-order valence-electron chi connectivity index (χ0n) is 15.7. The second-order valence-corrected chi connectivity index (χ2v) is 7.46. The Kier molecular flexibility index (Phi) is 5.98. The maximum Gasteiger partial charge on any atom is 0.253 e. The van der Waals surface area contributed by atoms with Crippen molar-refractivity contribution in [3.63, 3.8) is 0 Å². The molecule has 1 atom stereocenters. The summed E-state index contributed by atoms with van der Waals surface area (Å²) in [5, 5.41) is 0.484. The third-order valence-electron chi connectivity index (χ3n) is 5.15. The zero-order valence-corrected chi connectivity index (χ0v) is 16.5. The molecule has 0 spiro atoms. The van der Waals surface area contributed by atoms with Gasteiger partial charge in [0.05, 0.1) is 6.10 Å². The summed E-state index contributed by atoms with van der Waals surface area (Å²) >= 11 is 5.98. The van der Waals surface area contributed by atoms with Gasteiger partial charge >= 0.3 is 0 Å². The van der Waals surface area contributed by atoms with E-state index in [9.17, 15) is 4.79 Å². The molecule has 1 aromatic carbocycles. The number of halogens is 1. The van der Waals surface area contributed by atoms with Crippen molar-refractivity contribution in [3.05, 3.63) is 53.2 Å². The quantitative estimate of drug-likeness (QED) is 0.720. The third-order valence-corrected chi connectivity index (χ3v) is 5.36. The minimum atomic E-state index is 0.0457. The number of ether oxygens (including phenoxy) is 2. The van der Waals surface area contributed by atoms with Gasteiger partial charge in [-0.15, -0.1) is 0 Å². The van der Waals surface area contributed by atoms with Crippen LogP contribution in [0.3, 0.4) is 0 Å². The predicted molar refractivity (Wildman–Crippen MR) is 108 cm³/mol. The van der Waals surface area contributed by atoms with Crippen LogP contribution in [0, 0.1) is 0 Å². The van der Waals surface area contributed by atoms with E-state index in [-0.39, 0.29) is 12.0 Å². The van der Waals surface area contributed by atoms with E-state index in [1.165, 1.54) is 0 Å². The second-order valence-electron chi connectivity index (χ2n) is 7.07. The molecule has 1 aromatic heterocycles. The van der Waals surface area contributed by atoms with Gasteiger partial charge in [0.15, 0.2) is 0 Å². The summed E-state index contributed by atoms with van der Waals surface area (Å²) in [5.74, 6) is 1.67. The maximum atomic E-state index is 12.8. The van der Waals surface area contributed by atoms with E-state index in [1.807, 2.05) is 41.3 Å². The van der Waals surface area contributed by atoms with Gasteiger partial charge in [0.2, 0.25) is 0 Å². The molecule has 4 rings (SSSR count). The summed E-state index contributed by atoms with van der Waals surface area (Å²) in [5.41, 5.74) is 0.679. The molecule has 6 nitrogen and oxygen atoms in total. The number of hydrogen-bond donors (Lipinski definition) is 0. The number of carbonyl (C=O) groups excluding carboxylic acids is 1. The van der Waals surface area contributed by atoms with Crippen LogP contribution in [0.25, 0.3) is 0 Å². The highest BCUT2D eigenvalue weighted by Crippen LogP contribution is 2.20. The van der Waals surface area contributed by atoms with Crippen molar-refractivity contribution in [2.45, 2.75) is 18.9 Å². The van der Waals surface area contributed by atoms with E-state index in [4.69, 9.17) is 21.1 Å². The van der Waals surface area contributed by atoms with E-state index >= 15 is 0 Å². The lowest BCUT2D eigenvalue weighted by Crippen LogP contribution is -2.49. The highest BCUT2D eigenvalue weighted by atomic mass is 35.5. The summed E-state index contributed by atoms with van der Waals surface area (Å²) < 4.78 is 11.3. The minimum absolute atomic E-state index is 0.0457. The number of piperazine rings is 1. The first-order valence-corrected chi connectivity index (χ1v) is 10.1. The number of nitrogens with zero attached hydrogens (tertiary/aromatic N) is 3. The van der Waals surface area contributed by atoms with E-state index < -0.39 is 0 Å². The van der Waals surface area contributed by atoms with Crippen LogP contribution in [0.5, 0.6) is 5.75 Å². The fourth-order valence-corrected chi connectivity index (χ4v) is 3.71. The smallest absolute Gasteiger partial charge is 0.253 e. The molecule has 2 aliphatic heterocycles. The maximum absolute atomic E-state index is 12.8. The molecule has 2 saturated heterocycles. The average molecular weight is 402 g/mol. The number of benzene rings is 1. The summed E-state index contributed by atoms with van der Waals surface area (Å²) in [6.07, 6.45) is 2.33. The van der Waals surface area contributed by atoms with E-state index in [0.29, 0.717) is 30.4 Å². The van der Waals surface area contributed by atoms with Crippen LogP contribution in [0.4, 0.5) is 5.82 Å². The Morgan fingerprint density at radius 3 is 2.61 bits per heavy atom. The topological polar surface area (TPSA) is 54.9 Å². The van der Waals surface area contributed by atoms with Crippen LogP contribution >= 0.6 is 11.6 Å². The zero-order chi connectivity index (χ0) is 19.3. The van der Waals surface area contributed by atoms with Crippen molar-refractivity contribution in [1.82, 2.24) is 9.88 Å². The number of rotatable bonds is 5. The Balaban J connectivity index is 1.29. The molecule has 0 radical (unpaired) electrons. The first-order chi connectivity index (χ1) is 13.7. The Morgan fingerprint density at radius 1 is 1.14 bits per heavy atom. The van der Waals surface area contributed by atoms with Gasteiger partial charge < -0.3 is 19.3 Å². The molecule has 1 unspecified atom stereocenters. The number of pyridine rings is 1. The lowest BCUT2D eigenvalue weighted by atomic mass is 10.1. The minimum Gasteiger partial charge on any atom is -0.491 e. The highest BCUT2D eigenvalue weighted by Gasteiger charge is 2.23. The number of hydrogen-bond acceptors (Lipinski definition) is 5. The van der Waals surface area contributed by atoms with Crippen molar-refractivity contribution in [3.8, 4) is 5.75 Å². The molecule has 28 heavy (non-hydrogen) atoms. The van der Waals surface area contributed by atoms with Gasteiger partial charge in [0.1, 0.15) is 23.3 Å². The predicted octanol–water partition coefficient (Wildman–Crippen LogP) is 3.26. The molecule has 0 saturated carbocycles. The number of amides is 1. The number of aromatic nitrogens is 1. The van der Waals surface area contributed by atoms with Crippen molar-refractivity contribution in [2.24, 2.45) is 0 Å². The molecule has 2 aromatic rings. The van der Waals surface area contributed by atoms with Crippen molar-refractivity contribution in [2.75, 3.05) is 44.3 Å². The van der Waals surface area contributed by atoms with Crippen molar-refractivity contribution < 1.29 is 14.3 Å². The molecule has 0 aliphatic carbocycles. The third kappa shape index (κ3) is 4.56. The molecule has 2 fully saturated rings. The molecule has 0 bridgehead atoms. The summed E-state index contributed by atoms with van der Waals surface area (Å²) in [6, 6.07) is 13.0. The van der Waals surface area contributed by atoms with Crippen LogP contribution < -0.4 is 9.64 Å². The highest BCUT2D eigenvalue weighted by molar-refractivity contribution is 6.29. The Morgan fingerprint density at radius 2 is 1.93 bits per heavy atom. The molecule has 3 heterocycles. The van der Waals surface area contributed by atoms with Crippen molar-refractivity contribution >= 4 is 23.3 Å². The van der Waals surface area contributed by atoms with Crippen molar-refractivity contribution in [1.29, 1.82) is 0 Å². The average Bonchev–Trinajstić information content (AvgIpc) is 3.26. The van der Waals surface area contributed by atoms with Gasteiger partial charge in [-0.25, -0.2) is 4.98 Å². The van der Waals surface area contributed by atoms with Crippen LogP contribution in [-0.4, -0.2) is 61.3 Å². The lowest BCUT2D eigenvalue weighted by molar-refractivity contribution is 0.0678. The molecule has 0 N–H and O–H groups in total. The van der Waals surface area contributed by atoms with E-state index in [0.717, 1.165) is 44.1 Å². The molecular formula is C21H24ClN3O3. The Labute approximate surface area is 170 Å². The summed E-state index contributed by atoms with van der Waals surface area (Å²) in [4.78, 5) is 21.2. The molecule has 7 heteroatoms. The van der Waals surface area contributed by atoms with Crippen LogP contribution in [0.1, 0.15) is 23.2 Å². The standard InChI is InChI=1S/C21H24ClN3O3/c22-19-4-1-5-20(23-19)24-10-12-25(13-11-24)21(26)16-6-8-17(9-7-16)28-15-18-3-2-14-27-18/h1,4-9,18H,2-3,10-15H2. The van der Waals surface area contributed by atoms with E-state index in [2.05, 4.69) is 9.88 Å². The second kappa shape index (κ2) is 8.80. The summed E-state index contributed by atoms with van der Waals surface area (Å²) in [6.45, 7) is 4.17. The Hall–Kier alpha value is -2.31. The monoisotopic (exact) mass is 401 g/mol. The van der Waals surface area contributed by atoms with Crippen LogP contribution in [0.15, 0.2) is 42.5 Å². The normalized spacial score (nSPS) is 19.7. The number of anilines is 1. The van der Waals surface area contributed by atoms with Crippen LogP contribution in [-0.2, 0) is 4.74 Å². The van der Waals surface area contributed by atoms with Gasteiger partial charge in [0, 0.05) is 38.3 Å². The van der Waals surface area contributed by atoms with Gasteiger partial charge in [-0.1, -0.05) is 17.7 Å². The SMILES string of the molecule is O=C(c1ccc(OCC2CCCO2)cc1)N1CCN(c2cccc(Cl)n2)CC1. The first-order valence-electron chi connectivity index (χ1n) is 9.70. The fourth-order valence-electron chi connectivity index (χ4n) is 3.55. The fraction of sp³-hybridized carbons (Fsp3) is 0.429. The lowest BCUT2D eigenvalue weighted by Gasteiger charge is -2.35. The van der Waals surface area contributed by atoms with Gasteiger partial charge in [-0.2, -0.15) is 0 Å². The largest absolute Gasteiger partial charge is 0.491 e. The first kappa shape index (κ1) is 19.0. The molecular weight excluding hydrogens is 378 g/mol. The molecule has 148 valence electrons. The molecule has 1 amide bonds. The Bertz CT molecular complexity index is 801. The van der Waals surface area contributed by atoms with E-state index in [1.54, 1.807) is 6.07 Å². The van der Waals surface area contributed by atoms with Gasteiger partial charge in [-0.05, 0) is 49.2 Å².